The zero-order valence-electron chi connectivity index (χ0n) is 20.2. The lowest BCUT2D eigenvalue weighted by molar-refractivity contribution is -0.143. The van der Waals surface area contributed by atoms with Crippen molar-refractivity contribution in [3.63, 3.8) is 0 Å². The van der Waals surface area contributed by atoms with Crippen molar-refractivity contribution in [1.29, 1.82) is 0 Å². The summed E-state index contributed by atoms with van der Waals surface area (Å²) in [4.78, 5) is 23.7. The minimum absolute atomic E-state index is 0.265. The number of nitrogens with one attached hydrogen (secondary N) is 1. The topological polar surface area (TPSA) is 114 Å². The molecule has 0 aliphatic rings. The number of hydrogen-bond acceptors (Lipinski definition) is 7. The molecular formula is C25H21ClF3N3O6S. The van der Waals surface area contributed by atoms with Gasteiger partial charge in [0.1, 0.15) is 12.3 Å². The first kappa shape index (κ1) is 29.5. The Morgan fingerprint density at radius 3 is 2.44 bits per heavy atom. The Hall–Kier alpha value is -4.10. The standard InChI is InChI=1S/C25H21ClF3N3O6S/c1-37-24(34)16-38-19-7-5-6-17(12-19)14-30-31-23(33)15-32(39(35,36)20-8-3-2-4-9-20)22-13-18(25(27,28)29)10-11-21(22)26/h2-14H,15-16H2,1H3,(H,31,33)/b30-14-. The van der Waals surface area contributed by atoms with E-state index in [2.05, 4.69) is 15.3 Å². The van der Waals surface area contributed by atoms with Gasteiger partial charge in [0.15, 0.2) is 6.61 Å². The summed E-state index contributed by atoms with van der Waals surface area (Å²) in [6.45, 7) is -1.25. The number of anilines is 1. The van der Waals surface area contributed by atoms with Crippen LogP contribution in [0.1, 0.15) is 11.1 Å². The maximum atomic E-state index is 13.4. The molecular weight excluding hydrogens is 563 g/mol. The maximum Gasteiger partial charge on any atom is 0.416 e. The Morgan fingerprint density at radius 1 is 1.05 bits per heavy atom. The summed E-state index contributed by atoms with van der Waals surface area (Å²) in [5.41, 5.74) is 0.906. The molecule has 0 aromatic heterocycles. The fraction of sp³-hybridized carbons (Fsp3) is 0.160. The number of ether oxygens (including phenoxy) is 2. The van der Waals surface area contributed by atoms with E-state index in [9.17, 15) is 31.2 Å². The van der Waals surface area contributed by atoms with Crippen LogP contribution in [0, 0.1) is 0 Å². The Morgan fingerprint density at radius 2 is 1.77 bits per heavy atom. The lowest BCUT2D eigenvalue weighted by Crippen LogP contribution is -2.40. The first-order chi connectivity index (χ1) is 18.4. The smallest absolute Gasteiger partial charge is 0.416 e. The third-order valence-corrected chi connectivity index (χ3v) is 7.10. The molecule has 206 valence electrons. The number of halogens is 4. The fourth-order valence-electron chi connectivity index (χ4n) is 3.13. The van der Waals surface area contributed by atoms with Crippen LogP contribution < -0.4 is 14.5 Å². The Bertz CT molecular complexity index is 1470. The van der Waals surface area contributed by atoms with Gasteiger partial charge in [-0.15, -0.1) is 0 Å². The second-order valence-corrected chi connectivity index (χ2v) is 9.99. The average molecular weight is 584 g/mol. The minimum Gasteiger partial charge on any atom is -0.482 e. The van der Waals surface area contributed by atoms with Crippen molar-refractivity contribution < 1.29 is 40.7 Å². The van der Waals surface area contributed by atoms with Gasteiger partial charge in [0.2, 0.25) is 0 Å². The lowest BCUT2D eigenvalue weighted by Gasteiger charge is -2.25. The van der Waals surface area contributed by atoms with E-state index in [-0.39, 0.29) is 16.5 Å². The summed E-state index contributed by atoms with van der Waals surface area (Å²) in [5, 5.41) is 3.45. The van der Waals surface area contributed by atoms with Crippen LogP contribution in [0.4, 0.5) is 18.9 Å². The highest BCUT2D eigenvalue weighted by molar-refractivity contribution is 7.92. The van der Waals surface area contributed by atoms with Crippen LogP contribution in [0.3, 0.4) is 0 Å². The molecule has 14 heteroatoms. The molecule has 39 heavy (non-hydrogen) atoms. The van der Waals surface area contributed by atoms with E-state index in [4.69, 9.17) is 16.3 Å². The summed E-state index contributed by atoms with van der Waals surface area (Å²) >= 11 is 6.10. The highest BCUT2D eigenvalue weighted by atomic mass is 35.5. The molecule has 0 aliphatic carbocycles. The van der Waals surface area contributed by atoms with E-state index >= 15 is 0 Å². The second kappa shape index (κ2) is 12.6. The molecule has 0 aliphatic heterocycles. The number of methoxy groups -OCH3 is 1. The van der Waals surface area contributed by atoms with Gasteiger partial charge in [-0.25, -0.2) is 18.6 Å². The number of rotatable bonds is 10. The van der Waals surface area contributed by atoms with Crippen LogP contribution in [-0.4, -0.2) is 46.8 Å². The van der Waals surface area contributed by atoms with E-state index in [1.54, 1.807) is 24.3 Å². The van der Waals surface area contributed by atoms with E-state index in [0.717, 1.165) is 6.07 Å². The number of hydrazone groups is 1. The number of hydrogen-bond donors (Lipinski definition) is 1. The number of benzene rings is 3. The number of carbonyl (C=O) groups excluding carboxylic acids is 2. The molecule has 1 N–H and O–H groups in total. The molecule has 0 bridgehead atoms. The highest BCUT2D eigenvalue weighted by Crippen LogP contribution is 2.37. The zero-order chi connectivity index (χ0) is 28.6. The second-order valence-electron chi connectivity index (χ2n) is 7.72. The third kappa shape index (κ3) is 7.94. The van der Waals surface area contributed by atoms with Gasteiger partial charge in [-0.3, -0.25) is 9.10 Å². The number of nitrogens with zero attached hydrogens (tertiary/aromatic N) is 2. The quantitative estimate of drug-likeness (QED) is 0.217. The number of alkyl halides is 3. The van der Waals surface area contributed by atoms with Crippen molar-refractivity contribution in [3.8, 4) is 5.75 Å². The minimum atomic E-state index is -4.79. The number of sulfonamides is 1. The van der Waals surface area contributed by atoms with E-state index in [1.165, 1.54) is 43.7 Å². The number of esters is 1. The van der Waals surface area contributed by atoms with Gasteiger partial charge in [-0.1, -0.05) is 41.9 Å². The van der Waals surface area contributed by atoms with E-state index in [0.29, 0.717) is 27.8 Å². The van der Waals surface area contributed by atoms with Gasteiger partial charge in [-0.2, -0.15) is 18.3 Å². The first-order valence-corrected chi connectivity index (χ1v) is 12.8. The van der Waals surface area contributed by atoms with Crippen molar-refractivity contribution in [2.24, 2.45) is 5.10 Å². The molecule has 0 atom stereocenters. The fourth-order valence-corrected chi connectivity index (χ4v) is 4.85. The number of carbonyl (C=O) groups is 2. The molecule has 9 nitrogen and oxygen atoms in total. The van der Waals surface area contributed by atoms with Crippen LogP contribution in [0.2, 0.25) is 5.02 Å². The zero-order valence-corrected chi connectivity index (χ0v) is 21.8. The Balaban J connectivity index is 1.84. The van der Waals surface area contributed by atoms with Gasteiger partial charge >= 0.3 is 12.1 Å². The van der Waals surface area contributed by atoms with Crippen molar-refractivity contribution in [2.45, 2.75) is 11.1 Å². The van der Waals surface area contributed by atoms with E-state index < -0.39 is 45.9 Å². The molecule has 3 rings (SSSR count). The molecule has 3 aromatic carbocycles. The van der Waals surface area contributed by atoms with Crippen molar-refractivity contribution in [2.75, 3.05) is 24.6 Å². The van der Waals surface area contributed by atoms with Crippen LogP contribution in [0.15, 0.2) is 82.8 Å². The van der Waals surface area contributed by atoms with Gasteiger partial charge in [0.25, 0.3) is 15.9 Å². The van der Waals surface area contributed by atoms with Gasteiger partial charge in [-0.05, 0) is 48.0 Å². The number of amides is 1. The predicted molar refractivity (Wildman–Crippen MR) is 137 cm³/mol. The molecule has 0 spiro atoms. The van der Waals surface area contributed by atoms with Crippen molar-refractivity contribution in [1.82, 2.24) is 5.43 Å². The maximum absolute atomic E-state index is 13.4. The molecule has 0 heterocycles. The van der Waals surface area contributed by atoms with Crippen molar-refractivity contribution in [3.05, 3.63) is 88.9 Å². The van der Waals surface area contributed by atoms with Gasteiger partial charge < -0.3 is 9.47 Å². The van der Waals surface area contributed by atoms with Crippen LogP contribution in [-0.2, 0) is 30.5 Å². The summed E-state index contributed by atoms with van der Waals surface area (Å²) in [6, 6.07) is 15.3. The molecule has 3 aromatic rings. The Labute approximate surface area is 226 Å². The Kier molecular flexibility index (Phi) is 9.54. The summed E-state index contributed by atoms with van der Waals surface area (Å²) < 4.78 is 77.1. The van der Waals surface area contributed by atoms with Crippen LogP contribution >= 0.6 is 11.6 Å². The van der Waals surface area contributed by atoms with Gasteiger partial charge in [0, 0.05) is 0 Å². The van der Waals surface area contributed by atoms with Crippen LogP contribution in [0.25, 0.3) is 0 Å². The summed E-state index contributed by atoms with van der Waals surface area (Å²) in [6.07, 6.45) is -3.57. The molecule has 0 fully saturated rings. The predicted octanol–water partition coefficient (Wildman–Crippen LogP) is 4.26. The first-order valence-electron chi connectivity index (χ1n) is 11.0. The summed E-state index contributed by atoms with van der Waals surface area (Å²) in [7, 11) is -3.30. The monoisotopic (exact) mass is 583 g/mol. The largest absolute Gasteiger partial charge is 0.482 e. The molecule has 0 saturated heterocycles. The lowest BCUT2D eigenvalue weighted by atomic mass is 10.2. The molecule has 0 radical (unpaired) electrons. The van der Waals surface area contributed by atoms with Gasteiger partial charge in [0.05, 0.1) is 34.5 Å². The van der Waals surface area contributed by atoms with E-state index in [1.807, 2.05) is 0 Å². The third-order valence-electron chi connectivity index (χ3n) is 5.01. The SMILES string of the molecule is COC(=O)COc1cccc(/C=N\NC(=O)CN(c2cc(C(F)(F)F)ccc2Cl)S(=O)(=O)c2ccccc2)c1. The normalized spacial score (nSPS) is 11.7. The molecule has 0 unspecified atom stereocenters. The van der Waals surface area contributed by atoms with Crippen LogP contribution in [0.5, 0.6) is 5.75 Å². The van der Waals surface area contributed by atoms with Crippen molar-refractivity contribution >= 4 is 45.4 Å². The molecule has 1 amide bonds. The average Bonchev–Trinajstić information content (AvgIpc) is 2.91. The highest BCUT2D eigenvalue weighted by Gasteiger charge is 2.34. The molecule has 0 saturated carbocycles. The summed E-state index contributed by atoms with van der Waals surface area (Å²) in [5.74, 6) is -1.23.